The van der Waals surface area contributed by atoms with E-state index in [1.807, 2.05) is 19.1 Å². The summed E-state index contributed by atoms with van der Waals surface area (Å²) in [7, 11) is 0. The fourth-order valence-corrected chi connectivity index (χ4v) is 4.41. The number of amides is 1. The van der Waals surface area contributed by atoms with Crippen LogP contribution in [-0.4, -0.2) is 10.9 Å². The molecule has 3 rings (SSSR count). The molecule has 114 valence electrons. The van der Waals surface area contributed by atoms with Crippen LogP contribution in [0.25, 0.3) is 0 Å². The first kappa shape index (κ1) is 15.0. The number of nitrogens with zero attached hydrogens (tertiary/aromatic N) is 1. The third kappa shape index (κ3) is 3.47. The van der Waals surface area contributed by atoms with Gasteiger partial charge in [-0.3, -0.25) is 4.79 Å². The molecule has 0 bridgehead atoms. The van der Waals surface area contributed by atoms with Crippen molar-refractivity contribution in [1.82, 2.24) is 4.98 Å². The van der Waals surface area contributed by atoms with Crippen molar-refractivity contribution in [2.75, 3.05) is 5.32 Å². The largest absolute Gasteiger partial charge is 0.324 e. The van der Waals surface area contributed by atoms with Crippen LogP contribution in [0.15, 0.2) is 16.7 Å². The fourth-order valence-electron chi connectivity index (χ4n) is 4.01. The highest BCUT2D eigenvalue weighted by Gasteiger charge is 2.35. The Morgan fingerprint density at radius 3 is 2.71 bits per heavy atom. The first-order valence-corrected chi connectivity index (χ1v) is 8.87. The molecule has 1 N–H and O–H groups in total. The maximum atomic E-state index is 12.5. The molecular weight excluding hydrogens is 328 g/mol. The van der Waals surface area contributed by atoms with Crippen molar-refractivity contribution in [3.05, 3.63) is 22.4 Å². The van der Waals surface area contributed by atoms with Crippen LogP contribution in [0, 0.1) is 24.7 Å². The van der Waals surface area contributed by atoms with Gasteiger partial charge in [0.05, 0.1) is 11.4 Å². The molecule has 3 atom stereocenters. The quantitative estimate of drug-likeness (QED) is 0.785. The third-order valence-corrected chi connectivity index (χ3v) is 5.66. The molecule has 0 radical (unpaired) electrons. The van der Waals surface area contributed by atoms with Gasteiger partial charge >= 0.3 is 0 Å². The average molecular weight is 351 g/mol. The number of nitrogens with one attached hydrogen (secondary N) is 1. The molecule has 0 aromatic carbocycles. The van der Waals surface area contributed by atoms with E-state index >= 15 is 0 Å². The maximum Gasteiger partial charge on any atom is 0.227 e. The van der Waals surface area contributed by atoms with Crippen molar-refractivity contribution < 1.29 is 4.79 Å². The van der Waals surface area contributed by atoms with Gasteiger partial charge in [-0.15, -0.1) is 0 Å². The standard InChI is InChI=1S/C17H23BrN2O/c1-11-15(8-9-16(18)19-11)20-17(21)14-7-6-12-4-2-3-5-13(12)10-14/h8-9,12-14H,2-7,10H2,1H3,(H,20,21). The Bertz CT molecular complexity index is 532. The number of pyridine rings is 1. The lowest BCUT2D eigenvalue weighted by atomic mass is 9.67. The highest BCUT2D eigenvalue weighted by Crippen LogP contribution is 2.42. The van der Waals surface area contributed by atoms with Gasteiger partial charge in [-0.1, -0.05) is 25.7 Å². The smallest absolute Gasteiger partial charge is 0.227 e. The summed E-state index contributed by atoms with van der Waals surface area (Å²) < 4.78 is 0.806. The van der Waals surface area contributed by atoms with Crippen molar-refractivity contribution in [2.24, 2.45) is 17.8 Å². The zero-order valence-corrected chi connectivity index (χ0v) is 14.2. The number of hydrogen-bond acceptors (Lipinski definition) is 2. The van der Waals surface area contributed by atoms with Gasteiger partial charge in [0, 0.05) is 5.92 Å². The molecule has 0 aliphatic heterocycles. The van der Waals surface area contributed by atoms with E-state index in [-0.39, 0.29) is 11.8 Å². The lowest BCUT2D eigenvalue weighted by Crippen LogP contribution is -2.34. The van der Waals surface area contributed by atoms with E-state index in [0.717, 1.165) is 40.7 Å². The SMILES string of the molecule is Cc1nc(Br)ccc1NC(=O)C1CCC2CCCCC2C1. The van der Waals surface area contributed by atoms with Gasteiger partial charge in [-0.2, -0.15) is 0 Å². The van der Waals surface area contributed by atoms with Gasteiger partial charge in [-0.25, -0.2) is 4.98 Å². The Morgan fingerprint density at radius 1 is 1.19 bits per heavy atom. The Morgan fingerprint density at radius 2 is 1.95 bits per heavy atom. The van der Waals surface area contributed by atoms with Crippen molar-refractivity contribution in [2.45, 2.75) is 51.9 Å². The van der Waals surface area contributed by atoms with Gasteiger partial charge < -0.3 is 5.32 Å². The molecule has 4 heteroatoms. The molecule has 2 aliphatic rings. The number of halogens is 1. The van der Waals surface area contributed by atoms with Gasteiger partial charge in [0.25, 0.3) is 0 Å². The molecule has 2 fully saturated rings. The third-order valence-electron chi connectivity index (χ3n) is 5.22. The minimum absolute atomic E-state index is 0.186. The first-order chi connectivity index (χ1) is 10.1. The van der Waals surface area contributed by atoms with E-state index in [0.29, 0.717) is 0 Å². The number of carbonyl (C=O) groups is 1. The minimum Gasteiger partial charge on any atom is -0.324 e. The molecule has 1 aromatic rings. The Hall–Kier alpha value is -0.900. The maximum absolute atomic E-state index is 12.5. The number of hydrogen-bond donors (Lipinski definition) is 1. The molecule has 1 amide bonds. The van der Waals surface area contributed by atoms with E-state index in [1.54, 1.807) is 0 Å². The highest BCUT2D eigenvalue weighted by molar-refractivity contribution is 9.10. The topological polar surface area (TPSA) is 42.0 Å². The number of aryl methyl sites for hydroxylation is 1. The summed E-state index contributed by atoms with van der Waals surface area (Å²) in [5, 5.41) is 3.08. The molecule has 3 nitrogen and oxygen atoms in total. The van der Waals surface area contributed by atoms with Crippen LogP contribution in [0.2, 0.25) is 0 Å². The van der Waals surface area contributed by atoms with Gasteiger partial charge in [0.1, 0.15) is 4.60 Å². The normalized spacial score (nSPS) is 28.8. The summed E-state index contributed by atoms with van der Waals surface area (Å²) in [5.41, 5.74) is 1.71. The second kappa shape index (κ2) is 6.47. The summed E-state index contributed by atoms with van der Waals surface area (Å²) in [6, 6.07) is 3.80. The first-order valence-electron chi connectivity index (χ1n) is 8.07. The molecule has 0 saturated heterocycles. The lowest BCUT2D eigenvalue weighted by Gasteiger charge is -2.38. The molecular formula is C17H23BrN2O. The van der Waals surface area contributed by atoms with E-state index in [2.05, 4.69) is 26.2 Å². The van der Waals surface area contributed by atoms with Crippen molar-refractivity contribution >= 4 is 27.5 Å². The van der Waals surface area contributed by atoms with Crippen LogP contribution in [0.4, 0.5) is 5.69 Å². The molecule has 21 heavy (non-hydrogen) atoms. The molecule has 1 heterocycles. The summed E-state index contributed by atoms with van der Waals surface area (Å²) in [6.45, 7) is 1.93. The number of carbonyl (C=O) groups excluding carboxylic acids is 1. The monoisotopic (exact) mass is 350 g/mol. The van der Waals surface area contributed by atoms with Gasteiger partial charge in [0.15, 0.2) is 0 Å². The number of aromatic nitrogens is 1. The highest BCUT2D eigenvalue weighted by atomic mass is 79.9. The van der Waals surface area contributed by atoms with Crippen molar-refractivity contribution in [3.8, 4) is 0 Å². The second-order valence-electron chi connectivity index (χ2n) is 6.57. The molecule has 1 aromatic heterocycles. The Kier molecular flexibility index (Phi) is 4.63. The van der Waals surface area contributed by atoms with Crippen LogP contribution in [0.5, 0.6) is 0 Å². The molecule has 3 unspecified atom stereocenters. The molecule has 2 saturated carbocycles. The van der Waals surface area contributed by atoms with Crippen molar-refractivity contribution in [3.63, 3.8) is 0 Å². The van der Waals surface area contributed by atoms with Gasteiger partial charge in [0.2, 0.25) is 5.91 Å². The number of anilines is 1. The van der Waals surface area contributed by atoms with Crippen LogP contribution >= 0.6 is 15.9 Å². The Labute approximate surface area is 135 Å². The summed E-state index contributed by atoms with van der Waals surface area (Å²) in [6.07, 6.45) is 8.82. The molecule has 0 spiro atoms. The minimum atomic E-state index is 0.186. The molecule has 2 aliphatic carbocycles. The van der Waals surface area contributed by atoms with Crippen LogP contribution < -0.4 is 5.32 Å². The average Bonchev–Trinajstić information content (AvgIpc) is 2.49. The van der Waals surface area contributed by atoms with Crippen LogP contribution in [-0.2, 0) is 4.79 Å². The summed E-state index contributed by atoms with van der Waals surface area (Å²) in [5.74, 6) is 2.05. The van der Waals surface area contributed by atoms with Gasteiger partial charge in [-0.05, 0) is 66.1 Å². The summed E-state index contributed by atoms with van der Waals surface area (Å²) in [4.78, 5) is 16.9. The zero-order valence-electron chi connectivity index (χ0n) is 12.6. The Balaban J connectivity index is 1.63. The number of rotatable bonds is 2. The predicted octanol–water partition coefficient (Wildman–Crippen LogP) is 4.70. The fraction of sp³-hybridized carbons (Fsp3) is 0.647. The van der Waals surface area contributed by atoms with Crippen LogP contribution in [0.3, 0.4) is 0 Å². The second-order valence-corrected chi connectivity index (χ2v) is 7.38. The van der Waals surface area contributed by atoms with E-state index < -0.39 is 0 Å². The van der Waals surface area contributed by atoms with Crippen molar-refractivity contribution in [1.29, 1.82) is 0 Å². The summed E-state index contributed by atoms with van der Waals surface area (Å²) >= 11 is 3.35. The van der Waals surface area contributed by atoms with E-state index in [4.69, 9.17) is 0 Å². The predicted molar refractivity (Wildman–Crippen MR) is 88.1 cm³/mol. The van der Waals surface area contributed by atoms with E-state index in [1.165, 1.54) is 32.1 Å². The lowest BCUT2D eigenvalue weighted by molar-refractivity contribution is -0.122. The number of fused-ring (bicyclic) bond motifs is 1. The van der Waals surface area contributed by atoms with Crippen LogP contribution in [0.1, 0.15) is 50.6 Å². The van der Waals surface area contributed by atoms with E-state index in [9.17, 15) is 4.79 Å². The zero-order chi connectivity index (χ0) is 14.8.